The van der Waals surface area contributed by atoms with Gasteiger partial charge in [-0.1, -0.05) is 17.2 Å². The average molecular weight is 221 g/mol. The van der Waals surface area contributed by atoms with Crippen molar-refractivity contribution in [1.29, 1.82) is 0 Å². The van der Waals surface area contributed by atoms with Crippen molar-refractivity contribution in [3.8, 4) is 0 Å². The maximum absolute atomic E-state index is 11.0. The number of carbonyl (C=O) groups excluding carboxylic acids is 1. The van der Waals surface area contributed by atoms with E-state index in [1.165, 1.54) is 0 Å². The predicted molar refractivity (Wildman–Crippen MR) is 58.2 cm³/mol. The Balaban J connectivity index is 2.31. The van der Waals surface area contributed by atoms with E-state index in [9.17, 15) is 4.79 Å². The van der Waals surface area contributed by atoms with Crippen molar-refractivity contribution >= 4 is 11.8 Å². The minimum absolute atomic E-state index is 0.315. The molecule has 0 bridgehead atoms. The summed E-state index contributed by atoms with van der Waals surface area (Å²) in [6, 6.07) is 7.07. The van der Waals surface area contributed by atoms with Crippen LogP contribution in [0.4, 0.5) is 10.5 Å². The van der Waals surface area contributed by atoms with Crippen molar-refractivity contribution in [3.05, 3.63) is 40.3 Å². The van der Waals surface area contributed by atoms with Crippen molar-refractivity contribution in [2.24, 2.45) is 5.11 Å². The van der Waals surface area contributed by atoms with E-state index in [0.29, 0.717) is 12.2 Å². The van der Waals surface area contributed by atoms with E-state index in [1.807, 2.05) is 0 Å². The van der Waals surface area contributed by atoms with Gasteiger partial charge in [-0.2, -0.15) is 0 Å². The molecule has 7 nitrogen and oxygen atoms in total. The van der Waals surface area contributed by atoms with Gasteiger partial charge in [-0.15, -0.1) is 0 Å². The van der Waals surface area contributed by atoms with Gasteiger partial charge < -0.3 is 15.8 Å². The Hall–Kier alpha value is -2.40. The molecule has 7 heteroatoms. The number of rotatable bonds is 4. The van der Waals surface area contributed by atoms with Crippen LogP contribution in [0.15, 0.2) is 29.4 Å². The summed E-state index contributed by atoms with van der Waals surface area (Å²) >= 11 is 0. The fourth-order valence-corrected chi connectivity index (χ4v) is 0.974. The zero-order valence-electron chi connectivity index (χ0n) is 8.46. The van der Waals surface area contributed by atoms with Crippen molar-refractivity contribution in [3.63, 3.8) is 0 Å². The number of alkyl carbamates (subject to hydrolysis) is 1. The third kappa shape index (κ3) is 4.21. The van der Waals surface area contributed by atoms with Gasteiger partial charge in [-0.3, -0.25) is 0 Å². The van der Waals surface area contributed by atoms with Crippen LogP contribution in [0.3, 0.4) is 0 Å². The molecule has 0 radical (unpaired) electrons. The number of nitrogens with one attached hydrogen (secondary N) is 1. The van der Waals surface area contributed by atoms with Gasteiger partial charge in [-0.25, -0.2) is 4.79 Å². The molecule has 0 saturated heterocycles. The number of amides is 1. The highest BCUT2D eigenvalue weighted by molar-refractivity contribution is 5.67. The first-order chi connectivity index (χ1) is 7.72. The largest absolute Gasteiger partial charge is 0.443 e. The molecule has 16 heavy (non-hydrogen) atoms. The maximum Gasteiger partial charge on any atom is 0.407 e. The second-order valence-electron chi connectivity index (χ2n) is 2.89. The molecule has 0 fully saturated rings. The van der Waals surface area contributed by atoms with E-state index < -0.39 is 6.09 Å². The molecule has 0 aromatic heterocycles. The molecule has 1 aromatic rings. The van der Waals surface area contributed by atoms with E-state index >= 15 is 0 Å². The van der Waals surface area contributed by atoms with Crippen LogP contribution in [0, 0.1) is 0 Å². The lowest BCUT2D eigenvalue weighted by molar-refractivity contribution is 0.148. The fraction of sp³-hybridized carbons (Fsp3) is 0.222. The van der Waals surface area contributed by atoms with Crippen LogP contribution in [0.5, 0.6) is 0 Å². The molecule has 0 unspecified atom stereocenters. The number of carbonyl (C=O) groups is 1. The number of azide groups is 1. The van der Waals surface area contributed by atoms with E-state index in [0.717, 1.165) is 5.56 Å². The molecule has 3 N–H and O–H groups in total. The van der Waals surface area contributed by atoms with Crippen LogP contribution in [0.2, 0.25) is 0 Å². The average Bonchev–Trinajstić information content (AvgIpc) is 2.29. The summed E-state index contributed by atoms with van der Waals surface area (Å²) in [5, 5.41) is 5.55. The van der Waals surface area contributed by atoms with E-state index in [2.05, 4.69) is 20.1 Å². The first-order valence-corrected chi connectivity index (χ1v) is 4.48. The Kier molecular flexibility index (Phi) is 4.49. The van der Waals surface area contributed by atoms with E-state index in [-0.39, 0.29) is 6.73 Å². The lowest BCUT2D eigenvalue weighted by atomic mass is 10.2. The zero-order chi connectivity index (χ0) is 11.8. The van der Waals surface area contributed by atoms with Gasteiger partial charge in [0.1, 0.15) is 0 Å². The number of hydrogen-bond donors (Lipinski definition) is 2. The van der Waals surface area contributed by atoms with Crippen molar-refractivity contribution in [2.45, 2.75) is 6.54 Å². The number of nitrogen functional groups attached to an aromatic ring is 1. The number of anilines is 1. The normalized spacial score (nSPS) is 9.00. The first-order valence-electron chi connectivity index (χ1n) is 4.48. The topological polar surface area (TPSA) is 113 Å². The third-order valence-corrected chi connectivity index (χ3v) is 1.73. The van der Waals surface area contributed by atoms with Crippen LogP contribution in [-0.2, 0) is 11.3 Å². The molecule has 1 amide bonds. The van der Waals surface area contributed by atoms with Crippen molar-refractivity contribution in [1.82, 2.24) is 5.32 Å². The van der Waals surface area contributed by atoms with E-state index in [4.69, 9.17) is 11.3 Å². The highest BCUT2D eigenvalue weighted by Gasteiger charge is 2.00. The van der Waals surface area contributed by atoms with E-state index in [1.54, 1.807) is 24.3 Å². The Morgan fingerprint density at radius 2 is 2.19 bits per heavy atom. The predicted octanol–water partition coefficient (Wildman–Crippen LogP) is 1.76. The molecule has 0 aliphatic carbocycles. The minimum Gasteiger partial charge on any atom is -0.443 e. The summed E-state index contributed by atoms with van der Waals surface area (Å²) in [5.74, 6) is 0. The molecular formula is C9H11N5O2. The zero-order valence-corrected chi connectivity index (χ0v) is 8.46. The number of benzene rings is 1. The molecule has 0 heterocycles. The highest BCUT2D eigenvalue weighted by Crippen LogP contribution is 2.04. The summed E-state index contributed by atoms with van der Waals surface area (Å²) in [6.07, 6.45) is -0.635. The summed E-state index contributed by atoms with van der Waals surface area (Å²) in [4.78, 5) is 13.5. The van der Waals surface area contributed by atoms with Crippen LogP contribution in [0.1, 0.15) is 5.56 Å². The lowest BCUT2D eigenvalue weighted by Crippen LogP contribution is -2.23. The molecule has 0 atom stereocenters. The standard InChI is InChI=1S/C9H11N5O2/c10-8-3-1-7(2-4-8)5-12-9(15)16-6-13-14-11/h1-4H,5-6,10H2,(H,12,15). The quantitative estimate of drug-likeness (QED) is 0.349. The van der Waals surface area contributed by atoms with Crippen LogP contribution in [-0.4, -0.2) is 12.8 Å². The van der Waals surface area contributed by atoms with Gasteiger partial charge in [0.15, 0.2) is 6.73 Å². The van der Waals surface area contributed by atoms with Crippen LogP contribution in [0.25, 0.3) is 10.4 Å². The first kappa shape index (κ1) is 11.7. The number of ether oxygens (including phenoxy) is 1. The van der Waals surface area contributed by atoms with Gasteiger partial charge in [0, 0.05) is 17.1 Å². The molecule has 0 aliphatic rings. The van der Waals surface area contributed by atoms with Gasteiger partial charge >= 0.3 is 6.09 Å². The SMILES string of the molecule is [N-]=[N+]=NCOC(=O)NCc1ccc(N)cc1. The van der Waals surface area contributed by atoms with Gasteiger partial charge in [-0.05, 0) is 23.2 Å². The molecule has 0 aliphatic heterocycles. The minimum atomic E-state index is -0.635. The molecular weight excluding hydrogens is 210 g/mol. The van der Waals surface area contributed by atoms with Gasteiger partial charge in [0.25, 0.3) is 0 Å². The number of nitrogens with two attached hydrogens (primary N) is 1. The Morgan fingerprint density at radius 1 is 1.50 bits per heavy atom. The molecule has 1 aromatic carbocycles. The molecule has 1 rings (SSSR count). The molecule has 0 spiro atoms. The highest BCUT2D eigenvalue weighted by atomic mass is 16.6. The summed E-state index contributed by atoms with van der Waals surface area (Å²) < 4.78 is 4.53. The summed E-state index contributed by atoms with van der Waals surface area (Å²) in [7, 11) is 0. The second kappa shape index (κ2) is 6.15. The number of hydrogen-bond acceptors (Lipinski definition) is 4. The summed E-state index contributed by atoms with van der Waals surface area (Å²) in [5.41, 5.74) is 15.0. The monoisotopic (exact) mass is 221 g/mol. The fourth-order valence-electron chi connectivity index (χ4n) is 0.974. The Morgan fingerprint density at radius 3 is 2.81 bits per heavy atom. The maximum atomic E-state index is 11.0. The van der Waals surface area contributed by atoms with Crippen LogP contribution < -0.4 is 11.1 Å². The Labute approximate surface area is 91.8 Å². The third-order valence-electron chi connectivity index (χ3n) is 1.73. The van der Waals surface area contributed by atoms with Crippen molar-refractivity contribution < 1.29 is 9.53 Å². The van der Waals surface area contributed by atoms with Crippen LogP contribution >= 0.6 is 0 Å². The molecule has 0 saturated carbocycles. The Bertz CT molecular complexity index is 397. The van der Waals surface area contributed by atoms with Gasteiger partial charge in [0.2, 0.25) is 0 Å². The van der Waals surface area contributed by atoms with Gasteiger partial charge in [0.05, 0.1) is 0 Å². The lowest BCUT2D eigenvalue weighted by Gasteiger charge is -2.04. The van der Waals surface area contributed by atoms with Crippen molar-refractivity contribution in [2.75, 3.05) is 12.5 Å². The summed E-state index contributed by atoms with van der Waals surface area (Å²) in [6.45, 7) is 0.0133. The molecule has 84 valence electrons. The smallest absolute Gasteiger partial charge is 0.407 e. The second-order valence-corrected chi connectivity index (χ2v) is 2.89. The number of nitrogens with zero attached hydrogens (tertiary/aromatic N) is 3.